The summed E-state index contributed by atoms with van der Waals surface area (Å²) in [5.74, 6) is 0.0619. The molecule has 0 amide bonds. The molecule has 0 bridgehead atoms. The van der Waals surface area contributed by atoms with Crippen LogP contribution < -0.4 is 5.73 Å². The Bertz CT molecular complexity index is 295. The number of hydrogen-bond donors (Lipinski definition) is 2. The average molecular weight is 182 g/mol. The summed E-state index contributed by atoms with van der Waals surface area (Å²) in [5, 5.41) is 11.2. The number of alkyl halides is 1. The van der Waals surface area contributed by atoms with E-state index in [0.717, 1.165) is 5.56 Å². The second kappa shape index (κ2) is 4.45. The van der Waals surface area contributed by atoms with Gasteiger partial charge in [0.1, 0.15) is 0 Å². The van der Waals surface area contributed by atoms with Crippen LogP contribution in [-0.2, 0) is 6.42 Å². The van der Waals surface area contributed by atoms with Crippen molar-refractivity contribution in [3.63, 3.8) is 0 Å². The Labute approximate surface area is 75.7 Å². The normalized spacial score (nSPS) is 11.6. The van der Waals surface area contributed by atoms with Gasteiger partial charge in [0, 0.05) is 12.0 Å². The van der Waals surface area contributed by atoms with Crippen molar-refractivity contribution >= 4 is 5.84 Å². The van der Waals surface area contributed by atoms with Crippen LogP contribution in [0, 0.1) is 0 Å². The van der Waals surface area contributed by atoms with Gasteiger partial charge < -0.3 is 10.9 Å². The van der Waals surface area contributed by atoms with Gasteiger partial charge in [-0.15, -0.1) is 0 Å². The Morgan fingerprint density at radius 2 is 2.00 bits per heavy atom. The molecule has 1 rings (SSSR count). The van der Waals surface area contributed by atoms with E-state index >= 15 is 0 Å². The smallest absolute Gasteiger partial charge is 0.170 e. The third kappa shape index (κ3) is 2.43. The zero-order valence-corrected chi connectivity index (χ0v) is 7.07. The molecule has 0 saturated carbocycles. The number of rotatable bonds is 3. The highest BCUT2D eigenvalue weighted by molar-refractivity contribution is 5.96. The number of aryl methyl sites for hydroxylation is 1. The molecule has 13 heavy (non-hydrogen) atoms. The molecule has 0 aromatic heterocycles. The van der Waals surface area contributed by atoms with Crippen molar-refractivity contribution in [3.05, 3.63) is 35.4 Å². The Hall–Kier alpha value is -1.58. The summed E-state index contributed by atoms with van der Waals surface area (Å²) in [4.78, 5) is 0. The minimum atomic E-state index is -0.372. The van der Waals surface area contributed by atoms with Crippen molar-refractivity contribution in [1.29, 1.82) is 0 Å². The highest BCUT2D eigenvalue weighted by Crippen LogP contribution is 2.04. The Morgan fingerprint density at radius 3 is 2.46 bits per heavy atom. The second-order valence-electron chi connectivity index (χ2n) is 2.62. The first-order valence-electron chi connectivity index (χ1n) is 3.90. The standard InChI is InChI=1S/C9H11FN2O/c10-6-5-7-1-3-8(4-2-7)9(11)12-13/h1-4,13H,5-6H2,(H2,11,12). The first-order valence-corrected chi connectivity index (χ1v) is 3.90. The maximum atomic E-state index is 11.9. The third-order valence-corrected chi connectivity index (χ3v) is 1.74. The molecule has 3 nitrogen and oxygen atoms in total. The number of nitrogens with zero attached hydrogens (tertiary/aromatic N) is 1. The lowest BCUT2D eigenvalue weighted by molar-refractivity contribution is 0.318. The fourth-order valence-electron chi connectivity index (χ4n) is 1.01. The Kier molecular flexibility index (Phi) is 3.25. The van der Waals surface area contributed by atoms with Crippen molar-refractivity contribution in [3.8, 4) is 0 Å². The summed E-state index contributed by atoms with van der Waals surface area (Å²) < 4.78 is 11.9. The largest absolute Gasteiger partial charge is 0.409 e. The topological polar surface area (TPSA) is 58.6 Å². The lowest BCUT2D eigenvalue weighted by atomic mass is 10.1. The van der Waals surface area contributed by atoms with Crippen LogP contribution in [0.1, 0.15) is 11.1 Å². The lowest BCUT2D eigenvalue weighted by Gasteiger charge is -2.00. The third-order valence-electron chi connectivity index (χ3n) is 1.74. The molecule has 1 aromatic rings. The summed E-state index contributed by atoms with van der Waals surface area (Å²) in [6, 6.07) is 6.90. The maximum Gasteiger partial charge on any atom is 0.170 e. The number of oxime groups is 1. The van der Waals surface area contributed by atoms with Crippen LogP contribution >= 0.6 is 0 Å². The first kappa shape index (κ1) is 9.51. The average Bonchev–Trinajstić information content (AvgIpc) is 2.18. The van der Waals surface area contributed by atoms with Crippen LogP contribution in [0.3, 0.4) is 0 Å². The van der Waals surface area contributed by atoms with Crippen LogP contribution in [0.15, 0.2) is 29.4 Å². The molecule has 0 spiro atoms. The van der Waals surface area contributed by atoms with Gasteiger partial charge in [0.05, 0.1) is 6.67 Å². The van der Waals surface area contributed by atoms with E-state index in [1.165, 1.54) is 0 Å². The van der Waals surface area contributed by atoms with Gasteiger partial charge in [-0.25, -0.2) is 0 Å². The fraction of sp³-hybridized carbons (Fsp3) is 0.222. The molecule has 4 heteroatoms. The Balaban J connectivity index is 2.81. The SMILES string of the molecule is NC(=NO)c1ccc(CCF)cc1. The van der Waals surface area contributed by atoms with Gasteiger partial charge in [-0.2, -0.15) is 0 Å². The fourth-order valence-corrected chi connectivity index (χ4v) is 1.01. The van der Waals surface area contributed by atoms with Gasteiger partial charge in [0.15, 0.2) is 5.84 Å². The first-order chi connectivity index (χ1) is 6.27. The summed E-state index contributed by atoms with van der Waals surface area (Å²) in [7, 11) is 0. The highest BCUT2D eigenvalue weighted by Gasteiger charge is 1.98. The number of amidine groups is 1. The molecular weight excluding hydrogens is 171 g/mol. The molecular formula is C9H11FN2O. The van der Waals surface area contributed by atoms with E-state index in [0.29, 0.717) is 12.0 Å². The van der Waals surface area contributed by atoms with E-state index in [4.69, 9.17) is 10.9 Å². The summed E-state index contributed by atoms with van der Waals surface area (Å²) in [5.41, 5.74) is 6.87. The van der Waals surface area contributed by atoms with E-state index in [1.54, 1.807) is 24.3 Å². The van der Waals surface area contributed by atoms with Crippen molar-refractivity contribution in [2.24, 2.45) is 10.9 Å². The predicted molar refractivity (Wildman–Crippen MR) is 48.6 cm³/mol. The molecule has 1 aromatic carbocycles. The minimum Gasteiger partial charge on any atom is -0.409 e. The quantitative estimate of drug-likeness (QED) is 0.320. The summed E-state index contributed by atoms with van der Waals surface area (Å²) >= 11 is 0. The maximum absolute atomic E-state index is 11.9. The Morgan fingerprint density at radius 1 is 1.38 bits per heavy atom. The molecule has 0 saturated heterocycles. The van der Waals surface area contributed by atoms with Gasteiger partial charge in [-0.3, -0.25) is 4.39 Å². The number of nitrogens with two attached hydrogens (primary N) is 1. The minimum absolute atomic E-state index is 0.0619. The van der Waals surface area contributed by atoms with Gasteiger partial charge in [-0.1, -0.05) is 29.4 Å². The molecule has 0 fully saturated rings. The van der Waals surface area contributed by atoms with Gasteiger partial charge >= 0.3 is 0 Å². The van der Waals surface area contributed by atoms with Crippen LogP contribution in [0.2, 0.25) is 0 Å². The molecule has 0 heterocycles. The van der Waals surface area contributed by atoms with E-state index in [2.05, 4.69) is 5.16 Å². The van der Waals surface area contributed by atoms with Gasteiger partial charge in [-0.05, 0) is 5.56 Å². The molecule has 0 aliphatic heterocycles. The monoisotopic (exact) mass is 182 g/mol. The molecule has 0 unspecified atom stereocenters. The van der Waals surface area contributed by atoms with Crippen LogP contribution in [0.5, 0.6) is 0 Å². The van der Waals surface area contributed by atoms with Crippen LogP contribution in [0.25, 0.3) is 0 Å². The molecule has 0 aliphatic rings. The molecule has 70 valence electrons. The number of benzene rings is 1. The molecule has 0 radical (unpaired) electrons. The van der Waals surface area contributed by atoms with Gasteiger partial charge in [0.25, 0.3) is 0 Å². The molecule has 3 N–H and O–H groups in total. The van der Waals surface area contributed by atoms with Crippen LogP contribution in [-0.4, -0.2) is 17.7 Å². The molecule has 0 atom stereocenters. The van der Waals surface area contributed by atoms with Crippen molar-refractivity contribution in [2.75, 3.05) is 6.67 Å². The zero-order chi connectivity index (χ0) is 9.68. The van der Waals surface area contributed by atoms with Crippen molar-refractivity contribution < 1.29 is 9.60 Å². The van der Waals surface area contributed by atoms with Crippen molar-refractivity contribution in [1.82, 2.24) is 0 Å². The number of halogens is 1. The van der Waals surface area contributed by atoms with E-state index in [9.17, 15) is 4.39 Å². The summed E-state index contributed by atoms with van der Waals surface area (Å²) in [6.45, 7) is -0.372. The van der Waals surface area contributed by atoms with E-state index < -0.39 is 0 Å². The van der Waals surface area contributed by atoms with Gasteiger partial charge in [0.2, 0.25) is 0 Å². The lowest BCUT2D eigenvalue weighted by Crippen LogP contribution is -2.12. The summed E-state index contributed by atoms with van der Waals surface area (Å²) in [6.07, 6.45) is 0.399. The molecule has 0 aliphatic carbocycles. The van der Waals surface area contributed by atoms with Crippen LogP contribution in [0.4, 0.5) is 4.39 Å². The predicted octanol–water partition coefficient (Wildman–Crippen LogP) is 1.29. The van der Waals surface area contributed by atoms with Crippen molar-refractivity contribution in [2.45, 2.75) is 6.42 Å². The highest BCUT2D eigenvalue weighted by atomic mass is 19.1. The zero-order valence-electron chi connectivity index (χ0n) is 7.07. The number of hydrogen-bond acceptors (Lipinski definition) is 2. The van der Waals surface area contributed by atoms with E-state index in [-0.39, 0.29) is 12.5 Å². The van der Waals surface area contributed by atoms with E-state index in [1.807, 2.05) is 0 Å². The second-order valence-corrected chi connectivity index (χ2v) is 2.62.